The van der Waals surface area contributed by atoms with Crippen LogP contribution < -0.4 is 5.32 Å². The minimum atomic E-state index is -4.43. The van der Waals surface area contributed by atoms with Crippen molar-refractivity contribution in [3.05, 3.63) is 65.0 Å². The third-order valence-corrected chi connectivity index (χ3v) is 6.84. The van der Waals surface area contributed by atoms with Crippen LogP contribution >= 0.6 is 0 Å². The monoisotopic (exact) mass is 501 g/mol. The molecule has 0 unspecified atom stereocenters. The number of ether oxygens (including phenoxy) is 1. The molecule has 0 spiro atoms. The number of rotatable bonds is 6. The van der Waals surface area contributed by atoms with Crippen molar-refractivity contribution in [3.8, 4) is 0 Å². The maximum atomic E-state index is 13.2. The van der Waals surface area contributed by atoms with Crippen molar-refractivity contribution in [1.29, 1.82) is 0 Å². The number of aliphatic hydroxyl groups is 1. The molecule has 0 aliphatic heterocycles. The first-order valence-corrected chi connectivity index (χ1v) is 12.1. The molecule has 1 aromatic heterocycles. The van der Waals surface area contributed by atoms with E-state index in [1.807, 2.05) is 18.2 Å². The van der Waals surface area contributed by atoms with Gasteiger partial charge in [0.1, 0.15) is 11.6 Å². The summed E-state index contributed by atoms with van der Waals surface area (Å²) in [6, 6.07) is 10.2. The average molecular weight is 502 g/mol. The molecule has 2 N–H and O–H groups in total. The summed E-state index contributed by atoms with van der Waals surface area (Å²) in [5, 5.41) is 15.3. The van der Waals surface area contributed by atoms with Gasteiger partial charge in [0.05, 0.1) is 29.2 Å². The zero-order valence-electron chi connectivity index (χ0n) is 20.5. The van der Waals surface area contributed by atoms with Crippen molar-refractivity contribution in [2.75, 3.05) is 11.9 Å². The molecule has 0 amide bonds. The highest BCUT2D eigenvalue weighted by molar-refractivity contribution is 5.90. The number of benzene rings is 2. The van der Waals surface area contributed by atoms with Crippen LogP contribution in [0, 0.1) is 12.8 Å². The maximum Gasteiger partial charge on any atom is 0.416 e. The Bertz CT molecular complexity index is 1250. The predicted octanol–water partition coefficient (Wildman–Crippen LogP) is 6.07. The normalized spacial score (nSPS) is 21.2. The van der Waals surface area contributed by atoms with Crippen LogP contribution in [0.5, 0.6) is 0 Å². The Morgan fingerprint density at radius 1 is 1.19 bits per heavy atom. The molecule has 9 heteroatoms. The number of carbonyl (C=O) groups excluding carboxylic acids is 1. The van der Waals surface area contributed by atoms with Gasteiger partial charge in [-0.2, -0.15) is 13.2 Å². The number of fused-ring (bicyclic) bond motifs is 1. The van der Waals surface area contributed by atoms with E-state index in [0.717, 1.165) is 12.1 Å². The molecule has 2 aromatic carbocycles. The summed E-state index contributed by atoms with van der Waals surface area (Å²) in [7, 11) is 0. The first-order chi connectivity index (χ1) is 17.0. The number of hydrogen-bond acceptors (Lipinski definition) is 6. The van der Waals surface area contributed by atoms with Gasteiger partial charge in [-0.3, -0.25) is 4.79 Å². The van der Waals surface area contributed by atoms with Crippen molar-refractivity contribution in [1.82, 2.24) is 9.97 Å². The molecule has 36 heavy (non-hydrogen) atoms. The van der Waals surface area contributed by atoms with Crippen LogP contribution in [0.25, 0.3) is 10.9 Å². The van der Waals surface area contributed by atoms with E-state index in [4.69, 9.17) is 4.74 Å². The van der Waals surface area contributed by atoms with Gasteiger partial charge in [-0.15, -0.1) is 0 Å². The Kier molecular flexibility index (Phi) is 7.22. The Morgan fingerprint density at radius 3 is 2.58 bits per heavy atom. The summed E-state index contributed by atoms with van der Waals surface area (Å²) in [5.41, 5.74) is 0.0152. The van der Waals surface area contributed by atoms with Crippen LogP contribution in [0.15, 0.2) is 42.5 Å². The summed E-state index contributed by atoms with van der Waals surface area (Å²) < 4.78 is 44.7. The number of aryl methyl sites for hydroxylation is 1. The number of hydrogen-bond donors (Lipinski definition) is 2. The van der Waals surface area contributed by atoms with Gasteiger partial charge in [-0.25, -0.2) is 9.97 Å². The van der Waals surface area contributed by atoms with Crippen molar-refractivity contribution < 1.29 is 27.8 Å². The second-order valence-corrected chi connectivity index (χ2v) is 9.40. The molecule has 1 saturated carbocycles. The summed E-state index contributed by atoms with van der Waals surface area (Å²) in [4.78, 5) is 21.1. The van der Waals surface area contributed by atoms with Crippen LogP contribution in [0.1, 0.15) is 68.1 Å². The average Bonchev–Trinajstić information content (AvgIpc) is 2.84. The minimum absolute atomic E-state index is 0.220. The zero-order chi connectivity index (χ0) is 26.1. The molecular formula is C27H30F3N3O3. The van der Waals surface area contributed by atoms with Gasteiger partial charge in [0.15, 0.2) is 0 Å². The first-order valence-electron chi connectivity index (χ1n) is 12.1. The van der Waals surface area contributed by atoms with Crippen LogP contribution in [0.3, 0.4) is 0 Å². The molecule has 1 atom stereocenters. The number of alkyl halides is 3. The van der Waals surface area contributed by atoms with Crippen molar-refractivity contribution in [3.63, 3.8) is 0 Å². The molecule has 0 saturated heterocycles. The first kappa shape index (κ1) is 25.9. The zero-order valence-corrected chi connectivity index (χ0v) is 20.5. The smallest absolute Gasteiger partial charge is 0.416 e. The highest BCUT2D eigenvalue weighted by Crippen LogP contribution is 2.41. The van der Waals surface area contributed by atoms with E-state index in [9.17, 15) is 23.1 Å². The van der Waals surface area contributed by atoms with Gasteiger partial charge in [-0.1, -0.05) is 18.2 Å². The fraction of sp³-hybridized carbons (Fsp3) is 0.444. The number of halogens is 3. The molecule has 1 fully saturated rings. The van der Waals surface area contributed by atoms with Crippen molar-refractivity contribution in [2.45, 2.75) is 64.3 Å². The van der Waals surface area contributed by atoms with Gasteiger partial charge in [0, 0.05) is 11.4 Å². The third-order valence-electron chi connectivity index (χ3n) is 6.84. The van der Waals surface area contributed by atoms with Crippen LogP contribution in [-0.4, -0.2) is 27.7 Å². The predicted molar refractivity (Wildman–Crippen MR) is 130 cm³/mol. The van der Waals surface area contributed by atoms with Gasteiger partial charge in [0.25, 0.3) is 0 Å². The van der Waals surface area contributed by atoms with E-state index in [0.29, 0.717) is 66.0 Å². The fourth-order valence-electron chi connectivity index (χ4n) is 4.80. The molecule has 3 aromatic rings. The SMILES string of the molecule is CCOC(=O)C1CCC(O)(c2ccc3nc(C)nc(N[C@H](C)c4cccc(C(F)(F)F)c4)c3c2)CC1. The second kappa shape index (κ2) is 10.0. The van der Waals surface area contributed by atoms with Crippen molar-refractivity contribution in [2.24, 2.45) is 5.92 Å². The highest BCUT2D eigenvalue weighted by Gasteiger charge is 2.38. The number of esters is 1. The summed E-state index contributed by atoms with van der Waals surface area (Å²) in [6.45, 7) is 5.62. The Hall–Kier alpha value is -3.20. The Labute approximate surface area is 207 Å². The lowest BCUT2D eigenvalue weighted by molar-refractivity contribution is -0.151. The van der Waals surface area contributed by atoms with E-state index in [1.165, 1.54) is 6.07 Å². The van der Waals surface area contributed by atoms with Gasteiger partial charge >= 0.3 is 12.1 Å². The largest absolute Gasteiger partial charge is 0.466 e. The topological polar surface area (TPSA) is 84.3 Å². The maximum absolute atomic E-state index is 13.2. The number of anilines is 1. The van der Waals surface area contributed by atoms with Gasteiger partial charge in [-0.05, 0) is 81.8 Å². The lowest BCUT2D eigenvalue weighted by atomic mass is 9.75. The number of nitrogens with one attached hydrogen (secondary N) is 1. The standard InChI is InChI=1S/C27H30F3N3O3/c1-4-36-25(34)18-10-12-26(35,13-11-18)20-8-9-23-22(15-20)24(33-17(3)32-23)31-16(2)19-6-5-7-21(14-19)27(28,29)30/h5-9,14-16,18,35H,4,10-13H2,1-3H3,(H,31,32,33)/t16-,18?,26?/m1/s1. The fourth-order valence-corrected chi connectivity index (χ4v) is 4.80. The van der Waals surface area contributed by atoms with Crippen molar-refractivity contribution >= 4 is 22.7 Å². The Morgan fingerprint density at radius 2 is 1.92 bits per heavy atom. The molecule has 0 radical (unpaired) electrons. The van der Waals surface area contributed by atoms with E-state index >= 15 is 0 Å². The summed E-state index contributed by atoms with van der Waals surface area (Å²) >= 11 is 0. The van der Waals surface area contributed by atoms with E-state index < -0.39 is 23.4 Å². The van der Waals surface area contributed by atoms with Crippen LogP contribution in [0.2, 0.25) is 0 Å². The molecule has 1 heterocycles. The van der Waals surface area contributed by atoms with Gasteiger partial charge < -0.3 is 15.2 Å². The second-order valence-electron chi connectivity index (χ2n) is 9.40. The quantitative estimate of drug-likeness (QED) is 0.399. The van der Waals surface area contributed by atoms with Crippen LogP contribution in [0.4, 0.5) is 19.0 Å². The van der Waals surface area contributed by atoms with E-state index in [-0.39, 0.29) is 11.9 Å². The molecule has 1 aliphatic carbocycles. The molecule has 4 rings (SSSR count). The molecule has 6 nitrogen and oxygen atoms in total. The molecular weight excluding hydrogens is 471 g/mol. The molecule has 1 aliphatic rings. The lowest BCUT2D eigenvalue weighted by Crippen LogP contribution is -2.34. The molecule has 192 valence electrons. The minimum Gasteiger partial charge on any atom is -0.466 e. The van der Waals surface area contributed by atoms with Gasteiger partial charge in [0.2, 0.25) is 0 Å². The molecule has 0 bridgehead atoms. The van der Waals surface area contributed by atoms with E-state index in [2.05, 4.69) is 15.3 Å². The third kappa shape index (κ3) is 5.46. The summed E-state index contributed by atoms with van der Waals surface area (Å²) in [6.07, 6.45) is -2.55. The Balaban J connectivity index is 1.62. The highest BCUT2D eigenvalue weighted by atomic mass is 19.4. The number of carbonyl (C=O) groups is 1. The number of aromatic nitrogens is 2. The summed E-state index contributed by atoms with van der Waals surface area (Å²) in [5.74, 6) is 0.551. The van der Waals surface area contributed by atoms with E-state index in [1.54, 1.807) is 26.8 Å². The number of nitrogens with zero attached hydrogens (tertiary/aromatic N) is 2. The lowest BCUT2D eigenvalue weighted by Gasteiger charge is -2.35. The van der Waals surface area contributed by atoms with Crippen LogP contribution in [-0.2, 0) is 21.3 Å².